The summed E-state index contributed by atoms with van der Waals surface area (Å²) in [6, 6.07) is 15.5. The van der Waals surface area contributed by atoms with Crippen LogP contribution in [-0.2, 0) is 4.79 Å². The number of rotatable bonds is 7. The van der Waals surface area contributed by atoms with Gasteiger partial charge in [0, 0.05) is 12.5 Å². The number of thioether (sulfide) groups is 1. The molecule has 7 heteroatoms. The number of nitrogen functional groups attached to an aromatic ring is 1. The number of carbonyl (C=O) groups excluding carboxylic acids is 1. The van der Waals surface area contributed by atoms with Crippen LogP contribution in [0.1, 0.15) is 42.9 Å². The van der Waals surface area contributed by atoms with Crippen LogP contribution in [-0.4, -0.2) is 17.7 Å². The number of nitriles is 2. The number of nitrogens with one attached hydrogen (secondary N) is 2. The van der Waals surface area contributed by atoms with Crippen molar-refractivity contribution in [3.05, 3.63) is 53.1 Å². The lowest BCUT2D eigenvalue weighted by Crippen LogP contribution is -2.34. The molecule has 1 heterocycles. The molecule has 138 valence electrons. The Morgan fingerprint density at radius 3 is 2.52 bits per heavy atom. The zero-order valence-electron chi connectivity index (χ0n) is 15.3. The number of nitrogens with two attached hydrogens (primary N) is 1. The summed E-state index contributed by atoms with van der Waals surface area (Å²) >= 11 is 1.21. The molecule has 27 heavy (non-hydrogen) atoms. The molecule has 4 N–H and O–H groups in total. The fourth-order valence-corrected chi connectivity index (χ4v) is 3.58. The van der Waals surface area contributed by atoms with Crippen LogP contribution in [0.5, 0.6) is 0 Å². The molecule has 0 fully saturated rings. The quantitative estimate of drug-likeness (QED) is 0.716. The van der Waals surface area contributed by atoms with Crippen LogP contribution >= 0.6 is 11.8 Å². The summed E-state index contributed by atoms with van der Waals surface area (Å²) < 4.78 is 0. The monoisotopic (exact) mass is 380 g/mol. The molecule has 0 aliphatic carbocycles. The molecule has 0 aliphatic rings. The van der Waals surface area contributed by atoms with E-state index in [0.717, 1.165) is 6.42 Å². The first kappa shape index (κ1) is 20.3. The topological polar surface area (TPSA) is 117 Å². The Morgan fingerprint density at radius 2 is 1.93 bits per heavy atom. The maximum atomic E-state index is 12.5. The highest BCUT2D eigenvalue weighted by Crippen LogP contribution is 2.25. The molecular weight excluding hydrogens is 358 g/mol. The number of amides is 1. The van der Waals surface area contributed by atoms with Crippen molar-refractivity contribution in [2.24, 2.45) is 0 Å². The second-order valence-electron chi connectivity index (χ2n) is 6.08. The summed E-state index contributed by atoms with van der Waals surface area (Å²) in [6.45, 7) is 4.41. The summed E-state index contributed by atoms with van der Waals surface area (Å²) in [5.74, 6) is 0.315. The molecule has 0 bridgehead atoms. The van der Waals surface area contributed by atoms with Crippen molar-refractivity contribution in [2.45, 2.75) is 36.5 Å². The number of pyridine rings is 1. The van der Waals surface area contributed by atoms with Gasteiger partial charge in [0.25, 0.3) is 5.82 Å². The van der Waals surface area contributed by atoms with Gasteiger partial charge in [0.05, 0.1) is 5.25 Å². The van der Waals surface area contributed by atoms with Crippen molar-refractivity contribution in [2.75, 3.05) is 12.3 Å². The van der Waals surface area contributed by atoms with E-state index >= 15 is 0 Å². The fraction of sp³-hybridized carbons (Fsp3) is 0.300. The lowest BCUT2D eigenvalue weighted by Gasteiger charge is -2.18. The minimum Gasteiger partial charge on any atom is -0.355 e. The van der Waals surface area contributed by atoms with E-state index in [1.807, 2.05) is 30.3 Å². The van der Waals surface area contributed by atoms with Gasteiger partial charge in [-0.1, -0.05) is 49.0 Å². The maximum Gasteiger partial charge on any atom is 0.289 e. The first-order chi connectivity index (χ1) is 13.0. The number of hydrogen-bond acceptors (Lipinski definition) is 5. The van der Waals surface area contributed by atoms with Crippen LogP contribution in [0.25, 0.3) is 0 Å². The van der Waals surface area contributed by atoms with Gasteiger partial charge < -0.3 is 5.32 Å². The van der Waals surface area contributed by atoms with Crippen LogP contribution in [0.2, 0.25) is 0 Å². The van der Waals surface area contributed by atoms with Crippen molar-refractivity contribution in [3.63, 3.8) is 0 Å². The number of benzene rings is 1. The van der Waals surface area contributed by atoms with Gasteiger partial charge in [-0.05, 0) is 25.0 Å². The molecule has 6 nitrogen and oxygen atoms in total. The van der Waals surface area contributed by atoms with Gasteiger partial charge >= 0.3 is 0 Å². The molecule has 0 saturated heterocycles. The van der Waals surface area contributed by atoms with Gasteiger partial charge in [-0.3, -0.25) is 10.5 Å². The summed E-state index contributed by atoms with van der Waals surface area (Å²) in [7, 11) is 0. The predicted octanol–water partition coefficient (Wildman–Crippen LogP) is 2.62. The van der Waals surface area contributed by atoms with Crippen molar-refractivity contribution in [3.8, 4) is 12.1 Å². The van der Waals surface area contributed by atoms with Crippen LogP contribution in [0.4, 0.5) is 5.82 Å². The third-order valence-corrected chi connectivity index (χ3v) is 5.39. The molecular formula is C20H22N5OS+. The standard InChI is InChI=1S/C20H21N5OS/c1-3-14(15-7-5-4-6-8-15)12-24-19(26)13(2)27-20-17(11-22)9-16(10-21)18(23)25-20/h4-9,13-14H,3,12H2,1-2H3,(H2,23,25)(H,24,26)/p+1/t13-,14+/m1/s1. The number of H-pyrrole nitrogens is 1. The Labute approximate surface area is 163 Å². The van der Waals surface area contributed by atoms with E-state index in [2.05, 4.69) is 29.4 Å². The highest BCUT2D eigenvalue weighted by Gasteiger charge is 2.22. The van der Waals surface area contributed by atoms with Crippen molar-refractivity contribution < 1.29 is 9.78 Å². The smallest absolute Gasteiger partial charge is 0.289 e. The number of nitrogens with zero attached hydrogens (tertiary/aromatic N) is 2. The van der Waals surface area contributed by atoms with Crippen molar-refractivity contribution in [1.82, 2.24) is 5.32 Å². The van der Waals surface area contributed by atoms with E-state index in [-0.39, 0.29) is 23.2 Å². The van der Waals surface area contributed by atoms with Crippen molar-refractivity contribution in [1.29, 1.82) is 10.5 Å². The van der Waals surface area contributed by atoms with Crippen molar-refractivity contribution >= 4 is 23.5 Å². The molecule has 1 aromatic carbocycles. The van der Waals surface area contributed by atoms with Crippen LogP contribution in [0, 0.1) is 22.7 Å². The highest BCUT2D eigenvalue weighted by molar-refractivity contribution is 8.00. The van der Waals surface area contributed by atoms with Crippen LogP contribution in [0.15, 0.2) is 41.4 Å². The van der Waals surface area contributed by atoms with E-state index in [1.165, 1.54) is 23.4 Å². The van der Waals surface area contributed by atoms with Gasteiger partial charge in [0.1, 0.15) is 23.3 Å². The number of anilines is 1. The van der Waals surface area contributed by atoms with Gasteiger partial charge in [-0.25, -0.2) is 4.98 Å². The normalized spacial score (nSPS) is 12.4. The van der Waals surface area contributed by atoms with Gasteiger partial charge in [0.15, 0.2) is 5.03 Å². The second kappa shape index (κ2) is 9.61. The number of hydrogen-bond donors (Lipinski definition) is 2. The molecule has 0 unspecified atom stereocenters. The van der Waals surface area contributed by atoms with E-state index in [4.69, 9.17) is 11.0 Å². The Bertz CT molecular complexity index is 886. The summed E-state index contributed by atoms with van der Waals surface area (Å²) in [5, 5.41) is 21.3. The minimum absolute atomic E-state index is 0.116. The molecule has 0 spiro atoms. The SMILES string of the molecule is CC[C@@H](CNC(=O)[C@@H](C)Sc1[nH+]c(N)c(C#N)cc1C#N)c1ccccc1. The Hall–Kier alpha value is -3.03. The fourth-order valence-electron chi connectivity index (χ4n) is 2.63. The Kier molecular flexibility index (Phi) is 7.22. The Balaban J connectivity index is 2.03. The molecule has 0 radical (unpaired) electrons. The molecule has 0 saturated carbocycles. The van der Waals surface area contributed by atoms with E-state index < -0.39 is 5.25 Å². The molecule has 2 rings (SSSR count). The third-order valence-electron chi connectivity index (χ3n) is 4.26. The molecule has 2 atom stereocenters. The van der Waals surface area contributed by atoms with Gasteiger partial charge in [-0.15, -0.1) is 0 Å². The first-order valence-corrected chi connectivity index (χ1v) is 9.53. The van der Waals surface area contributed by atoms with Crippen LogP contribution in [0.3, 0.4) is 0 Å². The van der Waals surface area contributed by atoms with E-state index in [9.17, 15) is 10.1 Å². The Morgan fingerprint density at radius 1 is 1.26 bits per heavy atom. The molecule has 2 aromatic rings. The highest BCUT2D eigenvalue weighted by atomic mass is 32.2. The maximum absolute atomic E-state index is 12.5. The zero-order chi connectivity index (χ0) is 19.8. The molecule has 1 aromatic heterocycles. The second-order valence-corrected chi connectivity index (χ2v) is 7.44. The van der Waals surface area contributed by atoms with Gasteiger partial charge in [-0.2, -0.15) is 10.5 Å². The molecule has 0 aliphatic heterocycles. The largest absolute Gasteiger partial charge is 0.355 e. The zero-order valence-corrected chi connectivity index (χ0v) is 16.1. The first-order valence-electron chi connectivity index (χ1n) is 8.65. The van der Waals surface area contributed by atoms with E-state index in [0.29, 0.717) is 17.1 Å². The number of carbonyl (C=O) groups is 1. The number of aromatic amines is 1. The number of aromatic nitrogens is 1. The lowest BCUT2D eigenvalue weighted by atomic mass is 9.96. The third kappa shape index (κ3) is 5.22. The summed E-state index contributed by atoms with van der Waals surface area (Å²) in [4.78, 5) is 15.3. The average Bonchev–Trinajstić information content (AvgIpc) is 2.69. The average molecular weight is 380 g/mol. The molecule has 1 amide bonds. The minimum atomic E-state index is -0.422. The predicted molar refractivity (Wildman–Crippen MR) is 105 cm³/mol. The van der Waals surface area contributed by atoms with Gasteiger partial charge in [0.2, 0.25) is 5.91 Å². The summed E-state index contributed by atoms with van der Waals surface area (Å²) in [6.07, 6.45) is 0.921. The summed E-state index contributed by atoms with van der Waals surface area (Å²) in [5.41, 5.74) is 7.48. The van der Waals surface area contributed by atoms with E-state index in [1.54, 1.807) is 6.92 Å². The lowest BCUT2D eigenvalue weighted by molar-refractivity contribution is -0.410. The van der Waals surface area contributed by atoms with Crippen LogP contribution < -0.4 is 16.0 Å².